The van der Waals surface area contributed by atoms with E-state index < -0.39 is 12.0 Å². The first-order chi connectivity index (χ1) is 10.4. The molecular weight excluding hydrogens is 316 g/mol. The molecule has 23 heavy (non-hydrogen) atoms. The third kappa shape index (κ3) is 4.21. The number of halogens is 1. The van der Waals surface area contributed by atoms with E-state index >= 15 is 0 Å². The maximum absolute atomic E-state index is 12.3. The van der Waals surface area contributed by atoms with E-state index in [1.54, 1.807) is 17.8 Å². The maximum Gasteiger partial charge on any atom is 0.322 e. The van der Waals surface area contributed by atoms with Gasteiger partial charge in [-0.1, -0.05) is 24.3 Å². The van der Waals surface area contributed by atoms with Crippen LogP contribution in [0.4, 0.5) is 0 Å². The van der Waals surface area contributed by atoms with Gasteiger partial charge in [-0.15, -0.1) is 12.4 Å². The molecule has 124 valence electrons. The minimum absolute atomic E-state index is 0. The number of aromatic nitrogens is 1. The molecule has 1 heterocycles. The molecule has 0 saturated heterocycles. The summed E-state index contributed by atoms with van der Waals surface area (Å²) in [4.78, 5) is 23.6. The largest absolute Gasteiger partial charge is 0.468 e. The van der Waals surface area contributed by atoms with Crippen molar-refractivity contribution >= 4 is 18.4 Å². The molecule has 0 aliphatic heterocycles. The van der Waals surface area contributed by atoms with Crippen molar-refractivity contribution in [2.75, 3.05) is 7.11 Å². The van der Waals surface area contributed by atoms with Crippen LogP contribution in [0.5, 0.6) is 0 Å². The molecule has 0 amide bonds. The van der Waals surface area contributed by atoms with Crippen LogP contribution >= 0.6 is 12.4 Å². The normalized spacial score (nSPS) is 11.5. The van der Waals surface area contributed by atoms with Gasteiger partial charge in [0.2, 0.25) is 0 Å². The minimum Gasteiger partial charge on any atom is -0.468 e. The maximum atomic E-state index is 12.3. The predicted octanol–water partition coefficient (Wildman–Crippen LogP) is 1.83. The lowest BCUT2D eigenvalue weighted by Crippen LogP contribution is -2.33. The van der Waals surface area contributed by atoms with E-state index in [4.69, 9.17) is 5.73 Å². The fourth-order valence-electron chi connectivity index (χ4n) is 2.37. The SMILES string of the molecule is COC(=O)C(N)Cc1ccc(-c2c(C)ccn(C)c2=O)cc1.Cl. The Bertz CT molecular complexity index is 738. The average molecular weight is 337 g/mol. The van der Waals surface area contributed by atoms with Crippen LogP contribution in [0.2, 0.25) is 0 Å². The highest BCUT2D eigenvalue weighted by Crippen LogP contribution is 2.20. The van der Waals surface area contributed by atoms with Gasteiger partial charge in [-0.3, -0.25) is 9.59 Å². The topological polar surface area (TPSA) is 74.3 Å². The molecule has 1 unspecified atom stereocenters. The van der Waals surface area contributed by atoms with Crippen LogP contribution in [0, 0.1) is 6.92 Å². The van der Waals surface area contributed by atoms with Crippen LogP contribution < -0.4 is 11.3 Å². The van der Waals surface area contributed by atoms with Gasteiger partial charge >= 0.3 is 5.97 Å². The fourth-order valence-corrected chi connectivity index (χ4v) is 2.37. The lowest BCUT2D eigenvalue weighted by atomic mass is 9.99. The number of benzene rings is 1. The first kappa shape index (κ1) is 18.9. The molecule has 0 saturated carbocycles. The number of ether oxygens (including phenoxy) is 1. The van der Waals surface area contributed by atoms with Gasteiger partial charge < -0.3 is 15.0 Å². The zero-order valence-electron chi connectivity index (χ0n) is 13.4. The number of hydrogen-bond donors (Lipinski definition) is 1. The van der Waals surface area contributed by atoms with Gasteiger partial charge in [0.15, 0.2) is 0 Å². The summed E-state index contributed by atoms with van der Waals surface area (Å²) in [5, 5.41) is 0. The molecule has 0 aliphatic carbocycles. The van der Waals surface area contributed by atoms with Gasteiger partial charge in [0.05, 0.1) is 12.7 Å². The number of methoxy groups -OCH3 is 1. The number of rotatable bonds is 4. The van der Waals surface area contributed by atoms with Gasteiger partial charge in [-0.2, -0.15) is 0 Å². The van der Waals surface area contributed by atoms with Crippen molar-refractivity contribution in [2.24, 2.45) is 12.8 Å². The van der Waals surface area contributed by atoms with Gasteiger partial charge in [0.25, 0.3) is 5.56 Å². The van der Waals surface area contributed by atoms with Crippen LogP contribution in [0.25, 0.3) is 11.1 Å². The highest BCUT2D eigenvalue weighted by Gasteiger charge is 2.14. The summed E-state index contributed by atoms with van der Waals surface area (Å²) < 4.78 is 6.17. The van der Waals surface area contributed by atoms with Crippen molar-refractivity contribution in [2.45, 2.75) is 19.4 Å². The molecule has 1 atom stereocenters. The van der Waals surface area contributed by atoms with Gasteiger partial charge in [-0.05, 0) is 36.1 Å². The molecule has 0 fully saturated rings. The van der Waals surface area contributed by atoms with Crippen molar-refractivity contribution in [1.82, 2.24) is 4.57 Å². The number of hydrogen-bond acceptors (Lipinski definition) is 4. The summed E-state index contributed by atoms with van der Waals surface area (Å²) in [5.74, 6) is -0.433. The molecule has 2 rings (SSSR count). The molecule has 2 aromatic rings. The number of aryl methyl sites for hydroxylation is 2. The second-order valence-corrected chi connectivity index (χ2v) is 5.32. The molecule has 1 aromatic heterocycles. The summed E-state index contributed by atoms with van der Waals surface area (Å²) in [7, 11) is 3.05. The van der Waals surface area contributed by atoms with Crippen LogP contribution in [0.1, 0.15) is 11.1 Å². The third-order valence-corrected chi connectivity index (χ3v) is 3.68. The fraction of sp³-hybridized carbons (Fsp3) is 0.294. The first-order valence-corrected chi connectivity index (χ1v) is 7.03. The zero-order valence-corrected chi connectivity index (χ0v) is 14.2. The second-order valence-electron chi connectivity index (χ2n) is 5.32. The number of carbonyl (C=O) groups excluding carboxylic acids is 1. The van der Waals surface area contributed by atoms with E-state index in [2.05, 4.69) is 4.74 Å². The van der Waals surface area contributed by atoms with Crippen molar-refractivity contribution in [3.05, 3.63) is 58.0 Å². The monoisotopic (exact) mass is 336 g/mol. The number of pyridine rings is 1. The molecule has 2 N–H and O–H groups in total. The van der Waals surface area contributed by atoms with Crippen LogP contribution in [-0.4, -0.2) is 23.7 Å². The summed E-state index contributed by atoms with van der Waals surface area (Å²) in [6.07, 6.45) is 2.16. The highest BCUT2D eigenvalue weighted by molar-refractivity contribution is 5.85. The molecule has 5 nitrogen and oxygen atoms in total. The molecule has 1 aromatic carbocycles. The van der Waals surface area contributed by atoms with E-state index in [1.807, 2.05) is 37.3 Å². The summed E-state index contributed by atoms with van der Waals surface area (Å²) in [6, 6.07) is 8.75. The Morgan fingerprint density at radius 2 is 1.87 bits per heavy atom. The second kappa shape index (κ2) is 7.94. The molecular formula is C17H21ClN2O3. The third-order valence-electron chi connectivity index (χ3n) is 3.68. The summed E-state index contributed by atoms with van der Waals surface area (Å²) >= 11 is 0. The predicted molar refractivity (Wildman–Crippen MR) is 92.8 cm³/mol. The average Bonchev–Trinajstić information content (AvgIpc) is 2.52. The lowest BCUT2D eigenvalue weighted by Gasteiger charge is -2.11. The standard InChI is InChI=1S/C17H20N2O3.ClH/c1-11-8-9-19(2)16(20)15(11)13-6-4-12(5-7-13)10-14(18)17(21)22-3;/h4-9,14H,10,18H2,1-3H3;1H. The lowest BCUT2D eigenvalue weighted by molar-refractivity contribution is -0.142. The Labute approximate surface area is 141 Å². The Balaban J connectivity index is 0.00000264. The van der Waals surface area contributed by atoms with E-state index in [-0.39, 0.29) is 18.0 Å². The van der Waals surface area contributed by atoms with Gasteiger partial charge in [0, 0.05) is 13.2 Å². The minimum atomic E-state index is -0.679. The molecule has 0 spiro atoms. The van der Waals surface area contributed by atoms with E-state index in [0.29, 0.717) is 12.0 Å². The Morgan fingerprint density at radius 1 is 1.26 bits per heavy atom. The molecule has 6 heteroatoms. The Hall–Kier alpha value is -2.11. The van der Waals surface area contributed by atoms with Crippen LogP contribution in [0.15, 0.2) is 41.3 Å². The van der Waals surface area contributed by atoms with Crippen molar-refractivity contribution in [1.29, 1.82) is 0 Å². The van der Waals surface area contributed by atoms with Gasteiger partial charge in [-0.25, -0.2) is 0 Å². The van der Waals surface area contributed by atoms with Crippen molar-refractivity contribution in [3.8, 4) is 11.1 Å². The van der Waals surface area contributed by atoms with Crippen molar-refractivity contribution in [3.63, 3.8) is 0 Å². The zero-order chi connectivity index (χ0) is 16.3. The quantitative estimate of drug-likeness (QED) is 0.864. The molecule has 0 bridgehead atoms. The number of nitrogens with zero attached hydrogens (tertiary/aromatic N) is 1. The summed E-state index contributed by atoms with van der Waals surface area (Å²) in [5.41, 5.74) is 9.12. The molecule has 0 aliphatic rings. The smallest absolute Gasteiger partial charge is 0.322 e. The van der Waals surface area contributed by atoms with Crippen LogP contribution in [-0.2, 0) is 23.0 Å². The van der Waals surface area contributed by atoms with E-state index in [9.17, 15) is 9.59 Å². The number of carbonyl (C=O) groups is 1. The highest BCUT2D eigenvalue weighted by atomic mass is 35.5. The van der Waals surface area contributed by atoms with Crippen molar-refractivity contribution < 1.29 is 9.53 Å². The van der Waals surface area contributed by atoms with Crippen LogP contribution in [0.3, 0.4) is 0 Å². The Kier molecular flexibility index (Phi) is 6.54. The van der Waals surface area contributed by atoms with Gasteiger partial charge in [0.1, 0.15) is 6.04 Å². The first-order valence-electron chi connectivity index (χ1n) is 7.03. The van der Waals surface area contributed by atoms with E-state index in [1.165, 1.54) is 7.11 Å². The molecule has 0 radical (unpaired) electrons. The summed E-state index contributed by atoms with van der Waals surface area (Å²) in [6.45, 7) is 1.91. The van der Waals surface area contributed by atoms with E-state index in [0.717, 1.165) is 16.7 Å². The number of esters is 1. The Morgan fingerprint density at radius 3 is 2.43 bits per heavy atom. The number of nitrogens with two attached hydrogens (primary N) is 1.